The van der Waals surface area contributed by atoms with E-state index >= 15 is 0 Å². The third kappa shape index (κ3) is 4.36. The predicted molar refractivity (Wildman–Crippen MR) is 128 cm³/mol. The zero-order valence-corrected chi connectivity index (χ0v) is 18.9. The van der Waals surface area contributed by atoms with Crippen LogP contribution in [0.3, 0.4) is 0 Å². The SMILES string of the molecule is Cc1ccccc1N(CC(=O)Nc1ccc(-c2nc3ccccc3n2C)cc1)S(C)(=O)=O. The first-order valence-corrected chi connectivity index (χ1v) is 11.9. The molecule has 0 saturated heterocycles. The molecule has 1 N–H and O–H groups in total. The number of nitrogens with zero attached hydrogens (tertiary/aromatic N) is 3. The molecule has 3 aromatic carbocycles. The van der Waals surface area contributed by atoms with Crippen LogP contribution >= 0.6 is 0 Å². The zero-order valence-electron chi connectivity index (χ0n) is 18.1. The van der Waals surface area contributed by atoms with Crippen molar-refractivity contribution in [3.63, 3.8) is 0 Å². The summed E-state index contributed by atoms with van der Waals surface area (Å²) in [5, 5.41) is 2.78. The van der Waals surface area contributed by atoms with Crippen LogP contribution < -0.4 is 9.62 Å². The highest BCUT2D eigenvalue weighted by molar-refractivity contribution is 7.92. The number of hydrogen-bond donors (Lipinski definition) is 1. The van der Waals surface area contributed by atoms with Gasteiger partial charge in [0.05, 0.1) is 23.0 Å². The lowest BCUT2D eigenvalue weighted by molar-refractivity contribution is -0.114. The van der Waals surface area contributed by atoms with Gasteiger partial charge in [-0.2, -0.15) is 0 Å². The van der Waals surface area contributed by atoms with Crippen molar-refractivity contribution in [2.45, 2.75) is 6.92 Å². The lowest BCUT2D eigenvalue weighted by Crippen LogP contribution is -2.37. The third-order valence-corrected chi connectivity index (χ3v) is 6.41. The van der Waals surface area contributed by atoms with Gasteiger partial charge in [-0.05, 0) is 55.0 Å². The molecular weight excluding hydrogens is 424 g/mol. The first-order chi connectivity index (χ1) is 15.2. The molecule has 164 valence electrons. The number of amides is 1. The van der Waals surface area contributed by atoms with Crippen LogP contribution in [0, 0.1) is 6.92 Å². The largest absolute Gasteiger partial charge is 0.327 e. The maximum absolute atomic E-state index is 12.6. The van der Waals surface area contributed by atoms with Crippen molar-refractivity contribution in [1.82, 2.24) is 9.55 Å². The Kier molecular flexibility index (Phi) is 5.71. The van der Waals surface area contributed by atoms with E-state index in [4.69, 9.17) is 0 Å². The molecule has 0 bridgehead atoms. The van der Waals surface area contributed by atoms with Crippen LogP contribution in [0.4, 0.5) is 11.4 Å². The Labute approximate surface area is 187 Å². The lowest BCUT2D eigenvalue weighted by atomic mass is 10.2. The minimum atomic E-state index is -3.63. The van der Waals surface area contributed by atoms with Gasteiger partial charge < -0.3 is 9.88 Å². The van der Waals surface area contributed by atoms with Crippen molar-refractivity contribution in [2.24, 2.45) is 7.05 Å². The molecule has 0 aliphatic rings. The van der Waals surface area contributed by atoms with Crippen molar-refractivity contribution in [3.8, 4) is 11.4 Å². The quantitative estimate of drug-likeness (QED) is 0.484. The summed E-state index contributed by atoms with van der Waals surface area (Å²) in [6.07, 6.45) is 1.10. The molecule has 0 unspecified atom stereocenters. The monoisotopic (exact) mass is 448 g/mol. The van der Waals surface area contributed by atoms with Gasteiger partial charge in [0, 0.05) is 18.3 Å². The summed E-state index contributed by atoms with van der Waals surface area (Å²) < 4.78 is 27.8. The number of imidazole rings is 1. The van der Waals surface area contributed by atoms with Crippen LogP contribution in [-0.2, 0) is 21.9 Å². The fraction of sp³-hybridized carbons (Fsp3) is 0.167. The molecule has 0 saturated carbocycles. The summed E-state index contributed by atoms with van der Waals surface area (Å²) in [4.78, 5) is 17.3. The molecular formula is C24H24N4O3S. The van der Waals surface area contributed by atoms with Gasteiger partial charge >= 0.3 is 0 Å². The van der Waals surface area contributed by atoms with Crippen LogP contribution in [0.2, 0.25) is 0 Å². The first-order valence-electron chi connectivity index (χ1n) is 10.1. The van der Waals surface area contributed by atoms with Gasteiger partial charge in [0.2, 0.25) is 15.9 Å². The average molecular weight is 449 g/mol. The standard InChI is InChI=1S/C24H24N4O3S/c1-17-8-4-6-10-21(17)28(32(3,30)31)16-23(29)25-19-14-12-18(13-15-19)24-26-20-9-5-7-11-22(20)27(24)2/h4-15H,16H2,1-3H3,(H,25,29). The molecule has 0 atom stereocenters. The van der Waals surface area contributed by atoms with E-state index in [1.165, 1.54) is 0 Å². The summed E-state index contributed by atoms with van der Waals surface area (Å²) >= 11 is 0. The lowest BCUT2D eigenvalue weighted by Gasteiger charge is -2.23. The van der Waals surface area contributed by atoms with Crippen molar-refractivity contribution in [3.05, 3.63) is 78.4 Å². The number of aryl methyl sites for hydroxylation is 2. The Balaban J connectivity index is 1.52. The number of nitrogens with one attached hydrogen (secondary N) is 1. The highest BCUT2D eigenvalue weighted by atomic mass is 32.2. The summed E-state index contributed by atoms with van der Waals surface area (Å²) in [5.41, 5.74) is 4.71. The topological polar surface area (TPSA) is 84.3 Å². The number of para-hydroxylation sites is 3. The number of anilines is 2. The van der Waals surface area contributed by atoms with Crippen LogP contribution in [0.15, 0.2) is 72.8 Å². The molecule has 0 radical (unpaired) electrons. The second-order valence-electron chi connectivity index (χ2n) is 7.66. The third-order valence-electron chi connectivity index (χ3n) is 5.29. The van der Waals surface area contributed by atoms with Gasteiger partial charge in [-0.15, -0.1) is 0 Å². The van der Waals surface area contributed by atoms with Crippen molar-refractivity contribution in [1.29, 1.82) is 0 Å². The summed E-state index contributed by atoms with van der Waals surface area (Å²) in [6, 6.07) is 22.3. The predicted octanol–water partition coefficient (Wildman–Crippen LogP) is 3.95. The van der Waals surface area contributed by atoms with Crippen molar-refractivity contribution >= 4 is 38.3 Å². The van der Waals surface area contributed by atoms with E-state index in [1.807, 2.05) is 67.1 Å². The van der Waals surface area contributed by atoms with Crippen molar-refractivity contribution < 1.29 is 13.2 Å². The van der Waals surface area contributed by atoms with Gasteiger partial charge in [0.25, 0.3) is 0 Å². The van der Waals surface area contributed by atoms with Crippen LogP contribution in [-0.4, -0.2) is 36.7 Å². The van der Waals surface area contributed by atoms with Crippen LogP contribution in [0.1, 0.15) is 5.56 Å². The van der Waals surface area contributed by atoms with E-state index in [0.717, 1.165) is 38.5 Å². The van der Waals surface area contributed by atoms with E-state index in [2.05, 4.69) is 10.3 Å². The number of hydrogen-bond acceptors (Lipinski definition) is 4. The van der Waals surface area contributed by atoms with Gasteiger partial charge in [0.15, 0.2) is 0 Å². The van der Waals surface area contributed by atoms with E-state index in [9.17, 15) is 13.2 Å². The fourth-order valence-electron chi connectivity index (χ4n) is 3.66. The second kappa shape index (κ2) is 8.47. The number of benzene rings is 3. The molecule has 1 heterocycles. The number of carbonyl (C=O) groups is 1. The normalized spacial score (nSPS) is 11.5. The highest BCUT2D eigenvalue weighted by Crippen LogP contribution is 2.25. The van der Waals surface area contributed by atoms with E-state index < -0.39 is 15.9 Å². The van der Waals surface area contributed by atoms with Gasteiger partial charge in [-0.3, -0.25) is 9.10 Å². The maximum atomic E-state index is 12.6. The molecule has 0 aliphatic heterocycles. The Hall–Kier alpha value is -3.65. The molecule has 8 heteroatoms. The van der Waals surface area contributed by atoms with Crippen LogP contribution in [0.5, 0.6) is 0 Å². The summed E-state index contributed by atoms with van der Waals surface area (Å²) in [6.45, 7) is 1.50. The van der Waals surface area contributed by atoms with Gasteiger partial charge in [-0.25, -0.2) is 13.4 Å². The molecule has 0 fully saturated rings. The maximum Gasteiger partial charge on any atom is 0.245 e. The highest BCUT2D eigenvalue weighted by Gasteiger charge is 2.22. The van der Waals surface area contributed by atoms with Gasteiger partial charge in [0.1, 0.15) is 12.4 Å². The zero-order chi connectivity index (χ0) is 22.9. The number of sulfonamides is 1. The molecule has 1 aromatic heterocycles. The summed E-state index contributed by atoms with van der Waals surface area (Å²) in [5.74, 6) is 0.404. The summed E-state index contributed by atoms with van der Waals surface area (Å²) in [7, 11) is -1.66. The molecule has 1 amide bonds. The van der Waals surface area contributed by atoms with E-state index in [0.29, 0.717) is 11.4 Å². The Bertz CT molecular complexity index is 1390. The number of aromatic nitrogens is 2. The fourth-order valence-corrected chi connectivity index (χ4v) is 4.58. The molecule has 32 heavy (non-hydrogen) atoms. The van der Waals surface area contributed by atoms with Crippen LogP contribution in [0.25, 0.3) is 22.4 Å². The first kappa shape index (κ1) is 21.6. The molecule has 7 nitrogen and oxygen atoms in total. The minimum Gasteiger partial charge on any atom is -0.327 e. The number of fused-ring (bicyclic) bond motifs is 1. The van der Waals surface area contributed by atoms with E-state index in [1.54, 1.807) is 24.3 Å². The molecule has 4 aromatic rings. The number of rotatable bonds is 6. The Morgan fingerprint density at radius 1 is 1.00 bits per heavy atom. The minimum absolute atomic E-state index is 0.309. The molecule has 0 spiro atoms. The Morgan fingerprint density at radius 3 is 2.31 bits per heavy atom. The number of carbonyl (C=O) groups excluding carboxylic acids is 1. The smallest absolute Gasteiger partial charge is 0.245 e. The van der Waals surface area contributed by atoms with Crippen molar-refractivity contribution in [2.75, 3.05) is 22.4 Å². The molecule has 4 rings (SSSR count). The Morgan fingerprint density at radius 2 is 1.66 bits per heavy atom. The second-order valence-corrected chi connectivity index (χ2v) is 9.57. The average Bonchev–Trinajstić information content (AvgIpc) is 3.09. The molecule has 0 aliphatic carbocycles. The van der Waals surface area contributed by atoms with E-state index in [-0.39, 0.29) is 6.54 Å². The van der Waals surface area contributed by atoms with Gasteiger partial charge in [-0.1, -0.05) is 30.3 Å².